The molecule has 1 saturated heterocycles. The van der Waals surface area contributed by atoms with E-state index in [0.717, 1.165) is 71.2 Å². The lowest BCUT2D eigenvalue weighted by atomic mass is 9.94. The zero-order chi connectivity index (χ0) is 37.9. The molecule has 0 bridgehead atoms. The van der Waals surface area contributed by atoms with E-state index < -0.39 is 11.9 Å². The smallest absolute Gasteiger partial charge is 0.308 e. The van der Waals surface area contributed by atoms with E-state index in [1.165, 1.54) is 0 Å². The van der Waals surface area contributed by atoms with Crippen LogP contribution in [0.25, 0.3) is 22.4 Å². The summed E-state index contributed by atoms with van der Waals surface area (Å²) < 4.78 is 17.9. The summed E-state index contributed by atoms with van der Waals surface area (Å²) in [4.78, 5) is 35.2. The SMILES string of the molecule is CCC1C(C(=O)O)CCN1Cc1cc(Cl)c(O[C@H]2CCc3c(-c4cccc(-c5ccc(CNC[C@@H]6CCC(=O)C6)c(OC)n5)c4Cl)cccc32)nc1OC. The minimum atomic E-state index is -0.756. The summed E-state index contributed by atoms with van der Waals surface area (Å²) in [5, 5.41) is 14.1. The predicted octanol–water partition coefficient (Wildman–Crippen LogP) is 8.34. The highest BCUT2D eigenvalue weighted by molar-refractivity contribution is 6.36. The van der Waals surface area contributed by atoms with Gasteiger partial charge in [-0.25, -0.2) is 4.98 Å². The number of methoxy groups -OCH3 is 2. The van der Waals surface area contributed by atoms with Crippen LogP contribution in [0.15, 0.2) is 54.6 Å². The second kappa shape index (κ2) is 16.7. The van der Waals surface area contributed by atoms with Gasteiger partial charge < -0.3 is 24.6 Å². The number of Topliss-reactive ketones (excluding diaryl/α,β-unsaturated/α-hetero) is 1. The highest BCUT2D eigenvalue weighted by Gasteiger charge is 2.38. The Morgan fingerprint density at radius 3 is 2.43 bits per heavy atom. The maximum Gasteiger partial charge on any atom is 0.308 e. The van der Waals surface area contributed by atoms with Crippen molar-refractivity contribution < 1.29 is 28.9 Å². The first kappa shape index (κ1) is 38.1. The molecule has 0 radical (unpaired) electrons. The summed E-state index contributed by atoms with van der Waals surface area (Å²) in [6.07, 6.45) is 4.88. The Hall–Kier alpha value is -4.22. The first-order chi connectivity index (χ1) is 26.2. The highest BCUT2D eigenvalue weighted by atomic mass is 35.5. The summed E-state index contributed by atoms with van der Waals surface area (Å²) in [5.41, 5.74) is 7.40. The van der Waals surface area contributed by atoms with Crippen LogP contribution in [0.3, 0.4) is 0 Å². The van der Waals surface area contributed by atoms with Crippen LogP contribution < -0.4 is 19.5 Å². The molecule has 4 atom stereocenters. The lowest BCUT2D eigenvalue weighted by molar-refractivity contribution is -0.142. The van der Waals surface area contributed by atoms with Crippen molar-refractivity contribution >= 4 is 35.0 Å². The number of rotatable bonds is 14. The van der Waals surface area contributed by atoms with Crippen molar-refractivity contribution in [2.45, 2.75) is 77.1 Å². The molecule has 1 aliphatic heterocycles. The van der Waals surface area contributed by atoms with Crippen molar-refractivity contribution in [1.29, 1.82) is 0 Å². The molecule has 0 spiro atoms. The number of nitrogens with one attached hydrogen (secondary N) is 1. The van der Waals surface area contributed by atoms with E-state index in [0.29, 0.717) is 84.0 Å². The van der Waals surface area contributed by atoms with Crippen LogP contribution in [-0.2, 0) is 29.1 Å². The van der Waals surface area contributed by atoms with Gasteiger partial charge in [-0.15, -0.1) is 0 Å². The number of ether oxygens (including phenoxy) is 3. The van der Waals surface area contributed by atoms with Gasteiger partial charge in [0.05, 0.1) is 30.9 Å². The van der Waals surface area contributed by atoms with Crippen LogP contribution in [0.1, 0.15) is 73.8 Å². The van der Waals surface area contributed by atoms with E-state index in [1.807, 2.05) is 49.4 Å². The molecule has 2 aromatic carbocycles. The molecule has 0 amide bonds. The summed E-state index contributed by atoms with van der Waals surface area (Å²) >= 11 is 14.0. The fourth-order valence-corrected chi connectivity index (χ4v) is 9.04. The van der Waals surface area contributed by atoms with Crippen LogP contribution >= 0.6 is 23.2 Å². The first-order valence-corrected chi connectivity index (χ1v) is 19.5. The molecule has 10 nitrogen and oxygen atoms in total. The van der Waals surface area contributed by atoms with Gasteiger partial charge >= 0.3 is 5.97 Å². The number of hydrogen-bond acceptors (Lipinski definition) is 9. The third kappa shape index (κ3) is 7.80. The number of pyridine rings is 2. The van der Waals surface area contributed by atoms with E-state index in [4.69, 9.17) is 47.4 Å². The normalized spacial score (nSPS) is 21.0. The van der Waals surface area contributed by atoms with Crippen LogP contribution in [0.4, 0.5) is 0 Å². The lowest BCUT2D eigenvalue weighted by Crippen LogP contribution is -2.34. The molecule has 2 unspecified atom stereocenters. The molecule has 2 aromatic heterocycles. The Morgan fingerprint density at radius 2 is 1.69 bits per heavy atom. The number of aromatic nitrogens is 2. The third-order valence-electron chi connectivity index (χ3n) is 11.2. The molecular formula is C42H46Cl2N4O6. The number of carbonyl (C=O) groups is 2. The fraction of sp³-hybridized carbons (Fsp3) is 0.429. The summed E-state index contributed by atoms with van der Waals surface area (Å²) in [5.74, 6) is 0.836. The Bertz CT molecular complexity index is 2040. The van der Waals surface area contributed by atoms with E-state index in [9.17, 15) is 14.7 Å². The zero-order valence-corrected chi connectivity index (χ0v) is 32.4. The van der Waals surface area contributed by atoms with Crippen LogP contribution in [0.2, 0.25) is 10.0 Å². The molecule has 3 aliphatic rings. The molecule has 4 aromatic rings. The number of ketones is 1. The highest BCUT2D eigenvalue weighted by Crippen LogP contribution is 2.45. The number of halogens is 2. The van der Waals surface area contributed by atoms with Crippen molar-refractivity contribution in [2.24, 2.45) is 11.8 Å². The number of fused-ring (bicyclic) bond motifs is 1. The quantitative estimate of drug-likeness (QED) is 0.129. The number of carboxylic acid groups (broad SMARTS) is 1. The van der Waals surface area contributed by atoms with Gasteiger partial charge in [0.15, 0.2) is 0 Å². The standard InChI is InChI=1S/C42H46Cl2N4O6/c1-4-36-33(42(50)51)17-18-48(36)23-26-20-34(43)41(47-40(26)53-3)54-37-16-14-29-28(7-5-8-30(29)37)31-9-6-10-32(38(31)44)35-15-12-25(39(46-35)52-2)22-45-21-24-11-13-27(49)19-24/h5-10,12,15,20,24,33,36-37,45H,4,11,13-14,16-19,21-23H2,1-3H3,(H,50,51)/t24-,33?,36?,37+/m1/s1. The van der Waals surface area contributed by atoms with Gasteiger partial charge in [0.25, 0.3) is 0 Å². The Balaban J connectivity index is 1.09. The Labute approximate surface area is 326 Å². The molecule has 7 rings (SSSR count). The lowest BCUT2D eigenvalue weighted by Gasteiger charge is -2.26. The number of hydrogen-bond donors (Lipinski definition) is 2. The minimum Gasteiger partial charge on any atom is -0.481 e. The van der Waals surface area contributed by atoms with Crippen molar-refractivity contribution in [1.82, 2.24) is 20.2 Å². The maximum absolute atomic E-state index is 11.8. The van der Waals surface area contributed by atoms with E-state index in [-0.39, 0.29) is 12.1 Å². The largest absolute Gasteiger partial charge is 0.481 e. The summed E-state index contributed by atoms with van der Waals surface area (Å²) in [7, 11) is 3.19. The van der Waals surface area contributed by atoms with Crippen LogP contribution in [-0.4, -0.2) is 65.1 Å². The molecule has 3 heterocycles. The number of nitrogens with zero attached hydrogens (tertiary/aromatic N) is 3. The molecule has 12 heteroatoms. The maximum atomic E-state index is 11.8. The zero-order valence-electron chi connectivity index (χ0n) is 30.9. The molecule has 54 heavy (non-hydrogen) atoms. The number of aliphatic carboxylic acids is 1. The van der Waals surface area contributed by atoms with Gasteiger partial charge in [-0.3, -0.25) is 14.5 Å². The number of carboxylic acids is 1. The Kier molecular flexibility index (Phi) is 11.7. The summed E-state index contributed by atoms with van der Waals surface area (Å²) in [6, 6.07) is 17.9. The second-order valence-corrected chi connectivity index (χ2v) is 15.2. The summed E-state index contributed by atoms with van der Waals surface area (Å²) in [6.45, 7) is 4.58. The molecule has 2 aliphatic carbocycles. The van der Waals surface area contributed by atoms with Gasteiger partial charge in [-0.2, -0.15) is 4.98 Å². The molecule has 2 N–H and O–H groups in total. The minimum absolute atomic E-state index is 0.0612. The number of carbonyl (C=O) groups excluding carboxylic acids is 1. The topological polar surface area (TPSA) is 123 Å². The van der Waals surface area contributed by atoms with Crippen molar-refractivity contribution in [3.05, 3.63) is 86.9 Å². The molecule has 284 valence electrons. The van der Waals surface area contributed by atoms with Crippen molar-refractivity contribution in [3.8, 4) is 40.0 Å². The van der Waals surface area contributed by atoms with Crippen LogP contribution in [0, 0.1) is 11.8 Å². The van der Waals surface area contributed by atoms with Crippen molar-refractivity contribution in [3.63, 3.8) is 0 Å². The van der Waals surface area contributed by atoms with Gasteiger partial charge in [0.1, 0.15) is 16.9 Å². The second-order valence-electron chi connectivity index (χ2n) is 14.5. The first-order valence-electron chi connectivity index (χ1n) is 18.7. The molecule has 2 fully saturated rings. The predicted molar refractivity (Wildman–Crippen MR) is 208 cm³/mol. The molecule has 1 saturated carbocycles. The number of likely N-dealkylation sites (tertiary alicyclic amines) is 1. The van der Waals surface area contributed by atoms with Gasteiger partial charge in [0.2, 0.25) is 17.6 Å². The van der Waals surface area contributed by atoms with Gasteiger partial charge in [-0.05, 0) is 79.9 Å². The number of benzene rings is 2. The monoisotopic (exact) mass is 772 g/mol. The van der Waals surface area contributed by atoms with E-state index in [2.05, 4.69) is 22.3 Å². The van der Waals surface area contributed by atoms with Crippen LogP contribution in [0.5, 0.6) is 17.6 Å². The van der Waals surface area contributed by atoms with Gasteiger partial charge in [0, 0.05) is 54.2 Å². The van der Waals surface area contributed by atoms with E-state index >= 15 is 0 Å². The fourth-order valence-electron chi connectivity index (χ4n) is 8.50. The average Bonchev–Trinajstić information content (AvgIpc) is 3.91. The van der Waals surface area contributed by atoms with Crippen molar-refractivity contribution in [2.75, 3.05) is 27.3 Å². The average molecular weight is 774 g/mol. The van der Waals surface area contributed by atoms with Gasteiger partial charge in [-0.1, -0.05) is 72.6 Å². The Morgan fingerprint density at radius 1 is 0.926 bits per heavy atom. The van der Waals surface area contributed by atoms with E-state index in [1.54, 1.807) is 14.2 Å². The third-order valence-corrected chi connectivity index (χ3v) is 11.9. The molecular weight excluding hydrogens is 727 g/mol.